The molecule has 5 nitrogen and oxygen atoms in total. The fourth-order valence-electron chi connectivity index (χ4n) is 11.4. The minimum absolute atomic E-state index is 0.0442. The third kappa shape index (κ3) is 3.43. The third-order valence-electron chi connectivity index (χ3n) is 13.6. The van der Waals surface area contributed by atoms with Crippen molar-refractivity contribution in [2.45, 2.75) is 142 Å². The lowest BCUT2D eigenvalue weighted by atomic mass is 9.40. The van der Waals surface area contributed by atoms with E-state index in [1.807, 2.05) is 0 Å². The molecule has 8 rings (SSSR count). The van der Waals surface area contributed by atoms with Gasteiger partial charge in [0.15, 0.2) is 6.29 Å². The second-order valence-corrected chi connectivity index (χ2v) is 16.5. The predicted molar refractivity (Wildman–Crippen MR) is 170 cm³/mol. The molecule has 0 amide bonds. The van der Waals surface area contributed by atoms with Crippen LogP contribution in [0.3, 0.4) is 0 Å². The van der Waals surface area contributed by atoms with Gasteiger partial charge in [0.2, 0.25) is 0 Å². The molecule has 43 heavy (non-hydrogen) atoms. The Morgan fingerprint density at radius 1 is 1.02 bits per heavy atom. The van der Waals surface area contributed by atoms with Crippen LogP contribution in [0.2, 0.25) is 0 Å². The average molecular weight is 586 g/mol. The number of aliphatic hydroxyl groups is 1. The lowest BCUT2D eigenvalue weighted by Gasteiger charge is -2.68. The van der Waals surface area contributed by atoms with E-state index in [1.165, 1.54) is 38.9 Å². The molecule has 6 aliphatic rings. The van der Waals surface area contributed by atoms with Crippen molar-refractivity contribution in [3.8, 4) is 0 Å². The van der Waals surface area contributed by atoms with E-state index in [4.69, 9.17) is 14.2 Å². The fourth-order valence-corrected chi connectivity index (χ4v) is 11.4. The topological polar surface area (TPSA) is 63.7 Å². The molecule has 1 aromatic heterocycles. The van der Waals surface area contributed by atoms with Gasteiger partial charge in [-0.1, -0.05) is 43.2 Å². The van der Waals surface area contributed by atoms with Gasteiger partial charge in [-0.25, -0.2) is 0 Å². The summed E-state index contributed by atoms with van der Waals surface area (Å²) in [4.78, 5) is 3.99. The molecule has 1 spiro atoms. The summed E-state index contributed by atoms with van der Waals surface area (Å²) in [6.45, 7) is 17.8. The molecule has 1 aromatic carbocycles. The molecule has 0 unspecified atom stereocenters. The van der Waals surface area contributed by atoms with Crippen molar-refractivity contribution in [2.75, 3.05) is 0 Å². The predicted octanol–water partition coefficient (Wildman–Crippen LogP) is 7.69. The summed E-state index contributed by atoms with van der Waals surface area (Å²) >= 11 is 0. The van der Waals surface area contributed by atoms with Crippen molar-refractivity contribution in [1.29, 1.82) is 0 Å². The van der Waals surface area contributed by atoms with E-state index in [0.717, 1.165) is 44.9 Å². The maximum atomic E-state index is 13.4. The van der Waals surface area contributed by atoms with Crippen LogP contribution in [-0.4, -0.2) is 45.9 Å². The minimum atomic E-state index is -0.814. The number of H-pyrrole nitrogens is 1. The molecule has 5 fully saturated rings. The standard InChI is InChI=1S/C38H51NO4/c1-21(2)12-13-23-10-9-11-27-30(23)25-19-24-14-17-38(40)35(7,36(24,8)32(25)39-27)16-15-28-37(38)20-26(37)31-33(41-28)34(5,6)43-29(42-31)18-22(3)4/h9-12,18,24,26,28-29,31,33,39-40H,13-17,19-20H2,1-8H3/t24-,26+,28-,29-,31-,33-,35+,36+,37-,38-/m0/s1. The largest absolute Gasteiger partial charge is 0.389 e. The molecule has 3 saturated carbocycles. The van der Waals surface area contributed by atoms with Gasteiger partial charge in [-0.3, -0.25) is 0 Å². The van der Waals surface area contributed by atoms with Crippen molar-refractivity contribution in [1.82, 2.24) is 4.98 Å². The molecule has 2 saturated heterocycles. The van der Waals surface area contributed by atoms with Crippen LogP contribution in [0.4, 0.5) is 0 Å². The van der Waals surface area contributed by atoms with Crippen molar-refractivity contribution in [3.05, 3.63) is 58.3 Å². The Balaban J connectivity index is 1.21. The van der Waals surface area contributed by atoms with Gasteiger partial charge in [0.1, 0.15) is 6.10 Å². The average Bonchev–Trinajstić information content (AvgIpc) is 3.50. The summed E-state index contributed by atoms with van der Waals surface area (Å²) in [7, 11) is 0. The van der Waals surface area contributed by atoms with E-state index in [1.54, 1.807) is 0 Å². The molecule has 2 N–H and O–H groups in total. The Morgan fingerprint density at radius 2 is 1.81 bits per heavy atom. The number of allylic oxidation sites excluding steroid dienone is 3. The summed E-state index contributed by atoms with van der Waals surface area (Å²) in [6.07, 6.45) is 10.8. The normalized spacial score (nSPS) is 45.1. The number of fused-ring (bicyclic) bond motifs is 9. The third-order valence-corrected chi connectivity index (χ3v) is 13.6. The Hall–Kier alpha value is -1.92. The molecule has 2 aromatic rings. The first kappa shape index (κ1) is 28.5. The smallest absolute Gasteiger partial charge is 0.178 e. The van der Waals surface area contributed by atoms with Crippen molar-refractivity contribution in [3.63, 3.8) is 0 Å². The number of nitrogens with one attached hydrogen (secondary N) is 1. The highest BCUT2D eigenvalue weighted by Crippen LogP contribution is 2.81. The zero-order valence-corrected chi connectivity index (χ0v) is 27.5. The zero-order chi connectivity index (χ0) is 30.3. The van der Waals surface area contributed by atoms with Crippen LogP contribution in [0.5, 0.6) is 0 Å². The van der Waals surface area contributed by atoms with Gasteiger partial charge in [0.25, 0.3) is 0 Å². The van der Waals surface area contributed by atoms with Crippen molar-refractivity contribution in [2.24, 2.45) is 22.7 Å². The lowest BCUT2D eigenvalue weighted by Crippen LogP contribution is -2.74. The maximum Gasteiger partial charge on any atom is 0.178 e. The Labute approximate surface area is 257 Å². The van der Waals surface area contributed by atoms with Gasteiger partial charge in [-0.05, 0) is 122 Å². The molecule has 0 radical (unpaired) electrons. The molecule has 5 heteroatoms. The number of rotatable bonds is 3. The molecular formula is C38H51NO4. The van der Waals surface area contributed by atoms with Crippen LogP contribution in [0, 0.1) is 22.7 Å². The van der Waals surface area contributed by atoms with Crippen LogP contribution in [0.25, 0.3) is 10.9 Å². The number of aromatic amines is 1. The molecule has 2 aliphatic heterocycles. The van der Waals surface area contributed by atoms with E-state index in [-0.39, 0.29) is 46.8 Å². The zero-order valence-electron chi connectivity index (χ0n) is 27.5. The van der Waals surface area contributed by atoms with Gasteiger partial charge in [0, 0.05) is 32.8 Å². The molecular weight excluding hydrogens is 534 g/mol. The Morgan fingerprint density at radius 3 is 2.56 bits per heavy atom. The van der Waals surface area contributed by atoms with Crippen LogP contribution < -0.4 is 0 Å². The number of ether oxygens (including phenoxy) is 3. The minimum Gasteiger partial charge on any atom is -0.389 e. The first-order valence-electron chi connectivity index (χ1n) is 16.9. The fraction of sp³-hybridized carbons (Fsp3) is 0.684. The monoisotopic (exact) mass is 585 g/mol. The van der Waals surface area contributed by atoms with Gasteiger partial charge in [-0.15, -0.1) is 0 Å². The second kappa shape index (κ2) is 8.87. The summed E-state index contributed by atoms with van der Waals surface area (Å²) in [6, 6.07) is 6.77. The number of hydrogen-bond donors (Lipinski definition) is 2. The quantitative estimate of drug-likeness (QED) is 0.363. The number of benzene rings is 1. The number of aromatic nitrogens is 1. The second-order valence-electron chi connectivity index (χ2n) is 16.5. The summed E-state index contributed by atoms with van der Waals surface area (Å²) < 4.78 is 20.2. The van der Waals surface area contributed by atoms with E-state index < -0.39 is 11.2 Å². The van der Waals surface area contributed by atoms with Gasteiger partial charge in [0.05, 0.1) is 23.4 Å². The lowest BCUT2D eigenvalue weighted by molar-refractivity contribution is -0.361. The molecule has 4 aliphatic carbocycles. The summed E-state index contributed by atoms with van der Waals surface area (Å²) in [5.41, 5.74) is 6.20. The van der Waals surface area contributed by atoms with Crippen molar-refractivity contribution < 1.29 is 19.3 Å². The van der Waals surface area contributed by atoms with Crippen LogP contribution in [0.15, 0.2) is 41.5 Å². The van der Waals surface area contributed by atoms with Crippen LogP contribution >= 0.6 is 0 Å². The van der Waals surface area contributed by atoms with E-state index in [2.05, 4.69) is 90.7 Å². The highest BCUT2D eigenvalue weighted by atomic mass is 16.7. The van der Waals surface area contributed by atoms with E-state index in [9.17, 15) is 5.11 Å². The van der Waals surface area contributed by atoms with Crippen LogP contribution in [-0.2, 0) is 32.5 Å². The number of hydrogen-bond acceptors (Lipinski definition) is 4. The highest BCUT2D eigenvalue weighted by molar-refractivity contribution is 5.89. The van der Waals surface area contributed by atoms with Crippen molar-refractivity contribution >= 4 is 10.9 Å². The van der Waals surface area contributed by atoms with Gasteiger partial charge < -0.3 is 24.3 Å². The Bertz CT molecular complexity index is 1560. The molecule has 3 heterocycles. The summed E-state index contributed by atoms with van der Waals surface area (Å²) in [5, 5.41) is 14.8. The van der Waals surface area contributed by atoms with E-state index in [0.29, 0.717) is 5.92 Å². The van der Waals surface area contributed by atoms with Gasteiger partial charge in [-0.2, -0.15) is 0 Å². The van der Waals surface area contributed by atoms with Crippen LogP contribution in [0.1, 0.15) is 104 Å². The molecule has 232 valence electrons. The first-order valence-corrected chi connectivity index (χ1v) is 16.9. The highest BCUT2D eigenvalue weighted by Gasteiger charge is 2.85. The van der Waals surface area contributed by atoms with E-state index >= 15 is 0 Å². The van der Waals surface area contributed by atoms with Gasteiger partial charge >= 0.3 is 0 Å². The molecule has 0 bridgehead atoms. The molecule has 10 atom stereocenters. The first-order chi connectivity index (χ1) is 20.3. The Kier molecular flexibility index (Phi) is 5.89. The SMILES string of the molecule is CC(C)=CCc1cccc2[nH]c3c(c12)C[C@@H]1CC[C@@]2(O)[C@@]45C[C@@H]4[C@@H]4O[C@H](C=C(C)C)OC(C)(C)[C@H]4O[C@H]5CC[C@]2(C)[C@@]31C. The maximum absolute atomic E-state index is 13.4. The summed E-state index contributed by atoms with van der Waals surface area (Å²) in [5.74, 6) is 0.819.